The van der Waals surface area contributed by atoms with Gasteiger partial charge in [0, 0.05) is 12.1 Å². The molecule has 3 aliphatic rings. The zero-order chi connectivity index (χ0) is 23.4. The molecule has 0 aliphatic carbocycles. The summed E-state index contributed by atoms with van der Waals surface area (Å²) in [6.07, 6.45) is 2.03. The predicted octanol–water partition coefficient (Wildman–Crippen LogP) is 1.79. The SMILES string of the molecule is C=C(C)C(=O)OC(CC(C)(C)C)C12C=CC(O1)C1C(=O)N(CCCP(=O)(O)O)C(=O)C12. The third kappa shape index (κ3) is 4.55. The zero-order valence-electron chi connectivity index (χ0n) is 18.2. The smallest absolute Gasteiger partial charge is 0.333 e. The number of rotatable bonds is 8. The average molecular weight is 455 g/mol. The Hall–Kier alpha value is -1.80. The van der Waals surface area contributed by atoms with Gasteiger partial charge in [-0.15, -0.1) is 0 Å². The van der Waals surface area contributed by atoms with Crippen LogP contribution in [-0.2, 0) is 28.4 Å². The average Bonchev–Trinajstić information content (AvgIpc) is 3.25. The van der Waals surface area contributed by atoms with Crippen LogP contribution in [0.5, 0.6) is 0 Å². The van der Waals surface area contributed by atoms with E-state index in [0.717, 1.165) is 4.90 Å². The van der Waals surface area contributed by atoms with Crippen LogP contribution in [0, 0.1) is 17.3 Å². The molecule has 0 aromatic carbocycles. The van der Waals surface area contributed by atoms with Gasteiger partial charge < -0.3 is 19.3 Å². The highest BCUT2D eigenvalue weighted by Crippen LogP contribution is 2.55. The third-order valence-corrected chi connectivity index (χ3v) is 6.80. The van der Waals surface area contributed by atoms with Crippen LogP contribution in [0.4, 0.5) is 0 Å². The molecular formula is C21H30NO8P. The maximum Gasteiger partial charge on any atom is 0.333 e. The van der Waals surface area contributed by atoms with Crippen molar-refractivity contribution in [2.45, 2.75) is 58.3 Å². The van der Waals surface area contributed by atoms with Crippen molar-refractivity contribution in [2.75, 3.05) is 12.7 Å². The molecule has 3 rings (SSSR count). The summed E-state index contributed by atoms with van der Waals surface area (Å²) in [4.78, 5) is 57.8. The number of carbonyl (C=O) groups is 3. The fraction of sp³-hybridized carbons (Fsp3) is 0.667. The van der Waals surface area contributed by atoms with Gasteiger partial charge in [-0.2, -0.15) is 0 Å². The second-order valence-corrected chi connectivity index (χ2v) is 11.6. The predicted molar refractivity (Wildman–Crippen MR) is 111 cm³/mol. The molecular weight excluding hydrogens is 425 g/mol. The van der Waals surface area contributed by atoms with Crippen molar-refractivity contribution in [1.82, 2.24) is 4.90 Å². The van der Waals surface area contributed by atoms with E-state index in [1.807, 2.05) is 20.8 Å². The molecule has 9 nitrogen and oxygen atoms in total. The Morgan fingerprint density at radius 2 is 2.00 bits per heavy atom. The molecule has 0 spiro atoms. The number of esters is 1. The lowest BCUT2D eigenvalue weighted by Gasteiger charge is -2.39. The Labute approximate surface area is 181 Å². The van der Waals surface area contributed by atoms with Crippen LogP contribution in [0.1, 0.15) is 40.5 Å². The summed E-state index contributed by atoms with van der Waals surface area (Å²) in [6.45, 7) is 11.0. The van der Waals surface area contributed by atoms with Gasteiger partial charge >= 0.3 is 13.6 Å². The second-order valence-electron chi connectivity index (χ2n) is 9.81. The first-order chi connectivity index (χ1) is 14.2. The van der Waals surface area contributed by atoms with Gasteiger partial charge in [0.1, 0.15) is 11.7 Å². The number of nitrogens with zero attached hydrogens (tertiary/aromatic N) is 1. The number of hydrogen-bond acceptors (Lipinski definition) is 6. The zero-order valence-corrected chi connectivity index (χ0v) is 19.1. The molecule has 5 atom stereocenters. The van der Waals surface area contributed by atoms with E-state index in [1.54, 1.807) is 12.2 Å². The van der Waals surface area contributed by atoms with E-state index in [4.69, 9.17) is 19.3 Å². The van der Waals surface area contributed by atoms with E-state index in [2.05, 4.69) is 6.58 Å². The van der Waals surface area contributed by atoms with Crippen molar-refractivity contribution in [3.8, 4) is 0 Å². The Morgan fingerprint density at radius 3 is 2.55 bits per heavy atom. The quantitative estimate of drug-likeness (QED) is 0.186. The molecule has 0 aromatic heterocycles. The summed E-state index contributed by atoms with van der Waals surface area (Å²) in [5.74, 6) is -3.06. The van der Waals surface area contributed by atoms with Gasteiger partial charge in [0.2, 0.25) is 11.8 Å². The van der Waals surface area contributed by atoms with Gasteiger partial charge in [0.15, 0.2) is 0 Å². The molecule has 5 unspecified atom stereocenters. The standard InChI is InChI=1S/C21H30NO8P/c1-12(2)19(25)29-14(11-20(3,4)5)21-8-7-13(30-21)15-16(21)18(24)22(17(15)23)9-6-10-31(26,27)28/h7-8,13-16H,1,6,9-11H2,2-5H3,(H2,26,27,28). The lowest BCUT2D eigenvalue weighted by atomic mass is 9.71. The van der Waals surface area contributed by atoms with Crippen LogP contribution in [0.3, 0.4) is 0 Å². The van der Waals surface area contributed by atoms with Crippen molar-refractivity contribution in [1.29, 1.82) is 0 Å². The Morgan fingerprint density at radius 1 is 1.35 bits per heavy atom. The van der Waals surface area contributed by atoms with E-state index in [9.17, 15) is 18.9 Å². The van der Waals surface area contributed by atoms with Crippen LogP contribution in [0.2, 0.25) is 0 Å². The third-order valence-electron chi connectivity index (χ3n) is 5.90. The van der Waals surface area contributed by atoms with Gasteiger partial charge in [-0.3, -0.25) is 19.1 Å². The Bertz CT molecular complexity index is 884. The highest BCUT2D eigenvalue weighted by atomic mass is 31.2. The number of ether oxygens (including phenoxy) is 2. The van der Waals surface area contributed by atoms with Gasteiger partial charge in [-0.05, 0) is 31.3 Å². The first-order valence-electron chi connectivity index (χ1n) is 10.3. The minimum atomic E-state index is -4.23. The first kappa shape index (κ1) is 23.9. The van der Waals surface area contributed by atoms with Crippen LogP contribution < -0.4 is 0 Å². The second kappa shape index (κ2) is 7.96. The lowest BCUT2D eigenvalue weighted by Crippen LogP contribution is -2.52. The molecule has 31 heavy (non-hydrogen) atoms. The Balaban J connectivity index is 1.90. The topological polar surface area (TPSA) is 130 Å². The van der Waals surface area contributed by atoms with E-state index in [0.29, 0.717) is 6.42 Å². The van der Waals surface area contributed by atoms with Gasteiger partial charge in [-0.25, -0.2) is 4.79 Å². The van der Waals surface area contributed by atoms with E-state index in [1.165, 1.54) is 6.92 Å². The van der Waals surface area contributed by atoms with Crippen molar-refractivity contribution in [2.24, 2.45) is 17.3 Å². The van der Waals surface area contributed by atoms with Crippen LogP contribution in [0.25, 0.3) is 0 Å². The molecule has 172 valence electrons. The fourth-order valence-corrected chi connectivity index (χ4v) is 5.16. The molecule has 3 aliphatic heterocycles. The van der Waals surface area contributed by atoms with Crippen LogP contribution >= 0.6 is 7.60 Å². The minimum absolute atomic E-state index is 0.00319. The molecule has 10 heteroatoms. The van der Waals surface area contributed by atoms with E-state index < -0.39 is 61.2 Å². The van der Waals surface area contributed by atoms with Gasteiger partial charge in [0.05, 0.1) is 24.1 Å². The summed E-state index contributed by atoms with van der Waals surface area (Å²) in [6, 6.07) is 0. The van der Waals surface area contributed by atoms with Gasteiger partial charge in [-0.1, -0.05) is 33.4 Å². The Kier molecular flexibility index (Phi) is 6.12. The molecule has 2 N–H and O–H groups in total. The van der Waals surface area contributed by atoms with Crippen LogP contribution in [0.15, 0.2) is 24.3 Å². The molecule has 2 saturated heterocycles. The minimum Gasteiger partial charge on any atom is -0.456 e. The highest BCUT2D eigenvalue weighted by Gasteiger charge is 2.70. The van der Waals surface area contributed by atoms with Crippen molar-refractivity contribution in [3.05, 3.63) is 24.3 Å². The van der Waals surface area contributed by atoms with Crippen LogP contribution in [-0.4, -0.2) is 63.0 Å². The summed E-state index contributed by atoms with van der Waals surface area (Å²) in [7, 11) is -4.23. The van der Waals surface area contributed by atoms with Crippen molar-refractivity contribution < 1.29 is 38.2 Å². The maximum atomic E-state index is 13.3. The molecule has 0 radical (unpaired) electrons. The monoisotopic (exact) mass is 455 g/mol. The molecule has 2 amide bonds. The number of carbonyl (C=O) groups excluding carboxylic acids is 3. The van der Waals surface area contributed by atoms with E-state index in [-0.39, 0.29) is 24.0 Å². The largest absolute Gasteiger partial charge is 0.456 e. The fourth-order valence-electron chi connectivity index (χ4n) is 4.60. The molecule has 0 aromatic rings. The lowest BCUT2D eigenvalue weighted by molar-refractivity contribution is -0.169. The summed E-state index contributed by atoms with van der Waals surface area (Å²) >= 11 is 0. The maximum absolute atomic E-state index is 13.3. The number of amides is 2. The van der Waals surface area contributed by atoms with Crippen molar-refractivity contribution in [3.63, 3.8) is 0 Å². The summed E-state index contributed by atoms with van der Waals surface area (Å²) < 4.78 is 23.0. The van der Waals surface area contributed by atoms with E-state index >= 15 is 0 Å². The molecule has 3 heterocycles. The molecule has 0 saturated carbocycles. The number of likely N-dealkylation sites (tertiary alicyclic amines) is 1. The molecule has 2 bridgehead atoms. The number of imide groups is 1. The number of fused-ring (bicyclic) bond motifs is 5. The van der Waals surface area contributed by atoms with Crippen molar-refractivity contribution >= 4 is 25.4 Å². The normalized spacial score (nSPS) is 30.6. The van der Waals surface area contributed by atoms with Gasteiger partial charge in [0.25, 0.3) is 0 Å². The number of hydrogen-bond donors (Lipinski definition) is 2. The summed E-state index contributed by atoms with van der Waals surface area (Å²) in [5.41, 5.74) is -1.31. The highest BCUT2D eigenvalue weighted by molar-refractivity contribution is 7.51. The molecule has 2 fully saturated rings. The first-order valence-corrected chi connectivity index (χ1v) is 12.1. The summed E-state index contributed by atoms with van der Waals surface area (Å²) in [5, 5.41) is 0.